The fourth-order valence-electron chi connectivity index (χ4n) is 4.13. The number of ether oxygens (including phenoxy) is 5. The summed E-state index contributed by atoms with van der Waals surface area (Å²) >= 11 is 0. The van der Waals surface area contributed by atoms with Crippen molar-refractivity contribution in [1.29, 1.82) is 0 Å². The molecule has 1 heterocycles. The molecule has 35 heavy (non-hydrogen) atoms. The number of hydrogen-bond donors (Lipinski definition) is 0. The lowest BCUT2D eigenvalue weighted by Gasteiger charge is -2.44. The van der Waals surface area contributed by atoms with E-state index in [1.807, 2.05) is 97.9 Å². The molecule has 3 aromatic carbocycles. The normalized spacial score (nSPS) is 24.1. The molecule has 0 aliphatic carbocycles. The Morgan fingerprint density at radius 3 is 1.49 bits per heavy atom. The van der Waals surface area contributed by atoms with Crippen LogP contribution in [0.25, 0.3) is 0 Å². The Morgan fingerprint density at radius 2 is 1.06 bits per heavy atom. The molecule has 1 saturated heterocycles. The van der Waals surface area contributed by atoms with Crippen molar-refractivity contribution < 1.29 is 28.5 Å². The highest BCUT2D eigenvalue weighted by Gasteiger charge is 2.48. The second-order valence-electron chi connectivity index (χ2n) is 8.60. The molecule has 0 aromatic heterocycles. The van der Waals surface area contributed by atoms with Crippen LogP contribution >= 0.6 is 0 Å². The van der Waals surface area contributed by atoms with Gasteiger partial charge in [0, 0.05) is 6.92 Å². The Labute approximate surface area is 206 Å². The van der Waals surface area contributed by atoms with E-state index in [9.17, 15) is 4.79 Å². The van der Waals surface area contributed by atoms with Crippen LogP contribution in [0, 0.1) is 0 Å². The van der Waals surface area contributed by atoms with E-state index in [1.54, 1.807) is 0 Å². The zero-order valence-electron chi connectivity index (χ0n) is 20.1. The molecular formula is C29H32O6. The van der Waals surface area contributed by atoms with Crippen molar-refractivity contribution >= 4 is 5.97 Å². The van der Waals surface area contributed by atoms with Gasteiger partial charge in [-0.2, -0.15) is 0 Å². The average Bonchev–Trinajstić information content (AvgIpc) is 2.88. The molecule has 0 radical (unpaired) electrons. The van der Waals surface area contributed by atoms with Gasteiger partial charge >= 0.3 is 5.97 Å². The van der Waals surface area contributed by atoms with E-state index in [-0.39, 0.29) is 6.10 Å². The predicted molar refractivity (Wildman–Crippen MR) is 131 cm³/mol. The second-order valence-corrected chi connectivity index (χ2v) is 8.60. The van der Waals surface area contributed by atoms with Crippen molar-refractivity contribution in [2.75, 3.05) is 0 Å². The molecular weight excluding hydrogens is 444 g/mol. The number of esters is 1. The third-order valence-electron chi connectivity index (χ3n) is 5.87. The standard InChI is InChI=1S/C29H32O6/c1-21-26(31-18-23-12-6-3-7-13-23)27(32-19-24-14-8-4-9-15-24)28(29(34-21)35-22(2)30)33-20-25-16-10-5-11-17-25/h3-17,21,26-29H,18-20H2,1-2H3/t21-,26+,27+,28-,29-/m0/s1. The van der Waals surface area contributed by atoms with Crippen LogP contribution in [0.2, 0.25) is 0 Å². The number of benzene rings is 3. The average molecular weight is 477 g/mol. The van der Waals surface area contributed by atoms with Crippen LogP contribution in [0.1, 0.15) is 30.5 Å². The monoisotopic (exact) mass is 476 g/mol. The van der Waals surface area contributed by atoms with Crippen molar-refractivity contribution in [3.8, 4) is 0 Å². The Kier molecular flexibility index (Phi) is 9.03. The molecule has 6 heteroatoms. The summed E-state index contributed by atoms with van der Waals surface area (Å²) in [6.07, 6.45) is -2.95. The van der Waals surface area contributed by atoms with Gasteiger partial charge in [0.05, 0.1) is 25.9 Å². The molecule has 1 aliphatic rings. The van der Waals surface area contributed by atoms with Crippen LogP contribution in [-0.4, -0.2) is 36.7 Å². The maximum Gasteiger partial charge on any atom is 0.305 e. The molecule has 0 saturated carbocycles. The minimum absolute atomic E-state index is 0.317. The lowest BCUT2D eigenvalue weighted by molar-refractivity contribution is -0.311. The molecule has 0 spiro atoms. The lowest BCUT2D eigenvalue weighted by Crippen LogP contribution is -2.60. The Hall–Kier alpha value is -3.03. The lowest BCUT2D eigenvalue weighted by atomic mass is 9.98. The number of rotatable bonds is 10. The summed E-state index contributed by atoms with van der Waals surface area (Å²) < 4.78 is 30.7. The highest BCUT2D eigenvalue weighted by Crippen LogP contribution is 2.31. The summed E-state index contributed by atoms with van der Waals surface area (Å²) in [7, 11) is 0. The molecule has 1 aliphatic heterocycles. The first-order chi connectivity index (χ1) is 17.1. The van der Waals surface area contributed by atoms with Gasteiger partial charge < -0.3 is 23.7 Å². The smallest absolute Gasteiger partial charge is 0.305 e. The molecule has 3 aromatic rings. The molecule has 0 N–H and O–H groups in total. The number of carbonyl (C=O) groups is 1. The Balaban J connectivity index is 1.57. The SMILES string of the molecule is CC(=O)O[C@@H]1O[C@@H](C)[C@@H](OCc2ccccc2)[C@@H](OCc2ccccc2)[C@@H]1OCc1ccccc1. The highest BCUT2D eigenvalue weighted by molar-refractivity contribution is 5.66. The molecule has 1 fully saturated rings. The predicted octanol–water partition coefficient (Wildman–Crippen LogP) is 5.05. The zero-order valence-corrected chi connectivity index (χ0v) is 20.1. The van der Waals surface area contributed by atoms with Crippen molar-refractivity contribution in [2.45, 2.75) is 64.4 Å². The third kappa shape index (κ3) is 7.23. The summed E-state index contributed by atoms with van der Waals surface area (Å²) in [6, 6.07) is 29.7. The second kappa shape index (κ2) is 12.6. The topological polar surface area (TPSA) is 63.2 Å². The van der Waals surface area contributed by atoms with E-state index in [1.165, 1.54) is 6.92 Å². The van der Waals surface area contributed by atoms with Crippen LogP contribution in [-0.2, 0) is 48.3 Å². The molecule has 0 bridgehead atoms. The first-order valence-electron chi connectivity index (χ1n) is 11.9. The summed E-state index contributed by atoms with van der Waals surface area (Å²) in [5.41, 5.74) is 3.07. The van der Waals surface area contributed by atoms with E-state index in [2.05, 4.69) is 0 Å². The first kappa shape index (κ1) is 25.1. The number of hydrogen-bond acceptors (Lipinski definition) is 6. The summed E-state index contributed by atoms with van der Waals surface area (Å²) in [6.45, 7) is 4.34. The van der Waals surface area contributed by atoms with E-state index in [0.717, 1.165) is 16.7 Å². The maximum absolute atomic E-state index is 11.9. The van der Waals surface area contributed by atoms with Gasteiger partial charge in [0.1, 0.15) is 18.3 Å². The molecule has 5 atom stereocenters. The van der Waals surface area contributed by atoms with Crippen LogP contribution in [0.5, 0.6) is 0 Å². The summed E-state index contributed by atoms with van der Waals surface area (Å²) in [4.78, 5) is 11.9. The number of carbonyl (C=O) groups excluding carboxylic acids is 1. The fraction of sp³-hybridized carbons (Fsp3) is 0.345. The molecule has 0 amide bonds. The minimum atomic E-state index is -0.913. The van der Waals surface area contributed by atoms with Crippen molar-refractivity contribution in [2.24, 2.45) is 0 Å². The quantitative estimate of drug-likeness (QED) is 0.382. The van der Waals surface area contributed by atoms with Gasteiger partial charge in [-0.05, 0) is 23.6 Å². The summed E-state index contributed by atoms with van der Waals surface area (Å²) in [5.74, 6) is -0.444. The zero-order chi connectivity index (χ0) is 24.5. The van der Waals surface area contributed by atoms with Gasteiger partial charge in [-0.3, -0.25) is 4.79 Å². The van der Waals surface area contributed by atoms with Crippen molar-refractivity contribution in [1.82, 2.24) is 0 Å². The van der Waals surface area contributed by atoms with Gasteiger partial charge in [-0.25, -0.2) is 0 Å². The molecule has 6 nitrogen and oxygen atoms in total. The van der Waals surface area contributed by atoms with Gasteiger partial charge in [0.2, 0.25) is 6.29 Å². The fourth-order valence-corrected chi connectivity index (χ4v) is 4.13. The molecule has 184 valence electrons. The largest absolute Gasteiger partial charge is 0.433 e. The van der Waals surface area contributed by atoms with E-state index in [4.69, 9.17) is 23.7 Å². The van der Waals surface area contributed by atoms with Crippen LogP contribution in [0.15, 0.2) is 91.0 Å². The van der Waals surface area contributed by atoms with Crippen LogP contribution in [0.4, 0.5) is 0 Å². The highest BCUT2D eigenvalue weighted by atomic mass is 16.7. The van der Waals surface area contributed by atoms with E-state index >= 15 is 0 Å². The van der Waals surface area contributed by atoms with Gasteiger partial charge in [0.15, 0.2) is 0 Å². The Morgan fingerprint density at radius 1 is 0.657 bits per heavy atom. The van der Waals surface area contributed by atoms with Crippen molar-refractivity contribution in [3.05, 3.63) is 108 Å². The van der Waals surface area contributed by atoms with E-state index < -0.39 is 30.6 Å². The van der Waals surface area contributed by atoms with Gasteiger partial charge in [0.25, 0.3) is 0 Å². The molecule has 0 unspecified atom stereocenters. The molecule has 4 rings (SSSR count). The third-order valence-corrected chi connectivity index (χ3v) is 5.87. The van der Waals surface area contributed by atoms with Crippen molar-refractivity contribution in [3.63, 3.8) is 0 Å². The minimum Gasteiger partial charge on any atom is -0.433 e. The van der Waals surface area contributed by atoms with Gasteiger partial charge in [-0.1, -0.05) is 91.0 Å². The summed E-state index contributed by atoms with van der Waals surface area (Å²) in [5, 5.41) is 0. The first-order valence-corrected chi connectivity index (χ1v) is 11.9. The maximum atomic E-state index is 11.9. The van der Waals surface area contributed by atoms with Crippen LogP contribution < -0.4 is 0 Å². The Bertz CT molecular complexity index is 1030. The van der Waals surface area contributed by atoms with E-state index in [0.29, 0.717) is 19.8 Å². The van der Waals surface area contributed by atoms with Gasteiger partial charge in [-0.15, -0.1) is 0 Å². The van der Waals surface area contributed by atoms with Crippen LogP contribution in [0.3, 0.4) is 0 Å².